The zero-order chi connectivity index (χ0) is 21.2. The molecule has 4 heteroatoms. The van der Waals surface area contributed by atoms with Crippen LogP contribution in [0.5, 0.6) is 0 Å². The maximum atomic E-state index is 13.1. The van der Waals surface area contributed by atoms with Crippen molar-refractivity contribution in [2.24, 2.45) is 0 Å². The molecule has 1 atom stereocenters. The highest BCUT2D eigenvalue weighted by atomic mass is 16.2. The Labute approximate surface area is 175 Å². The first-order valence-electron chi connectivity index (χ1n) is 10.6. The van der Waals surface area contributed by atoms with Gasteiger partial charge >= 0.3 is 0 Å². The molecular formula is C25H34N2O2. The van der Waals surface area contributed by atoms with Crippen LogP contribution in [0.25, 0.3) is 0 Å². The topological polar surface area (TPSA) is 49.4 Å². The van der Waals surface area contributed by atoms with Gasteiger partial charge in [0.15, 0.2) is 0 Å². The van der Waals surface area contributed by atoms with Gasteiger partial charge in [0.2, 0.25) is 11.8 Å². The van der Waals surface area contributed by atoms with Gasteiger partial charge in [0.05, 0.1) is 0 Å². The highest BCUT2D eigenvalue weighted by molar-refractivity contribution is 5.87. The summed E-state index contributed by atoms with van der Waals surface area (Å²) < 4.78 is 0. The van der Waals surface area contributed by atoms with Crippen LogP contribution in [-0.2, 0) is 22.6 Å². The summed E-state index contributed by atoms with van der Waals surface area (Å²) in [7, 11) is 0. The van der Waals surface area contributed by atoms with Crippen molar-refractivity contribution in [1.29, 1.82) is 0 Å². The zero-order valence-corrected chi connectivity index (χ0v) is 18.2. The van der Waals surface area contributed by atoms with Crippen molar-refractivity contribution < 1.29 is 9.59 Å². The maximum absolute atomic E-state index is 13.1. The number of rotatable bonds is 10. The lowest BCUT2D eigenvalue weighted by Gasteiger charge is -2.29. The molecule has 2 amide bonds. The molecule has 0 heterocycles. The number of unbranched alkanes of at least 4 members (excludes halogenated alkanes) is 1. The molecule has 0 fully saturated rings. The van der Waals surface area contributed by atoms with Crippen molar-refractivity contribution in [3.63, 3.8) is 0 Å². The van der Waals surface area contributed by atoms with Crippen molar-refractivity contribution >= 4 is 11.8 Å². The summed E-state index contributed by atoms with van der Waals surface area (Å²) in [4.78, 5) is 27.4. The number of aryl methyl sites for hydroxylation is 3. The molecule has 1 N–H and O–H groups in total. The highest BCUT2D eigenvalue weighted by Gasteiger charge is 2.25. The maximum Gasteiger partial charge on any atom is 0.242 e. The van der Waals surface area contributed by atoms with E-state index in [4.69, 9.17) is 0 Å². The normalized spacial score (nSPS) is 11.7. The monoisotopic (exact) mass is 394 g/mol. The van der Waals surface area contributed by atoms with E-state index in [2.05, 4.69) is 43.4 Å². The molecule has 0 radical (unpaired) electrons. The lowest BCUT2D eigenvalue weighted by molar-refractivity contribution is -0.140. The van der Waals surface area contributed by atoms with Crippen molar-refractivity contribution in [1.82, 2.24) is 10.2 Å². The fourth-order valence-electron chi connectivity index (χ4n) is 3.16. The van der Waals surface area contributed by atoms with Crippen molar-refractivity contribution in [3.8, 4) is 0 Å². The summed E-state index contributed by atoms with van der Waals surface area (Å²) >= 11 is 0. The van der Waals surface area contributed by atoms with Gasteiger partial charge in [0.1, 0.15) is 6.04 Å². The standard InChI is InChI=1S/C25H34N2O2/c1-5-6-17-26-25(29)21(4)27(18-23-13-9-20(3)10-14-23)24(28)16-15-22-11-7-19(2)8-12-22/h7-14,21H,5-6,15-18H2,1-4H3,(H,26,29)/t21-/m0/s1. The van der Waals surface area contributed by atoms with Crippen LogP contribution in [-0.4, -0.2) is 29.3 Å². The van der Waals surface area contributed by atoms with Crippen LogP contribution in [0.2, 0.25) is 0 Å². The van der Waals surface area contributed by atoms with E-state index in [0.29, 0.717) is 25.9 Å². The Kier molecular flexibility index (Phi) is 8.91. The summed E-state index contributed by atoms with van der Waals surface area (Å²) in [6.07, 6.45) is 3.03. The number of amides is 2. The minimum Gasteiger partial charge on any atom is -0.354 e. The minimum absolute atomic E-state index is 0.00397. The molecule has 2 aromatic rings. The SMILES string of the molecule is CCCCNC(=O)[C@H](C)N(Cc1ccc(C)cc1)C(=O)CCc1ccc(C)cc1. The zero-order valence-electron chi connectivity index (χ0n) is 18.2. The number of hydrogen-bond donors (Lipinski definition) is 1. The molecule has 0 aliphatic carbocycles. The summed E-state index contributed by atoms with van der Waals surface area (Å²) in [5.41, 5.74) is 4.56. The first-order valence-corrected chi connectivity index (χ1v) is 10.6. The largest absolute Gasteiger partial charge is 0.354 e. The Morgan fingerprint density at radius 3 is 2.03 bits per heavy atom. The lowest BCUT2D eigenvalue weighted by Crippen LogP contribution is -2.47. The van der Waals surface area contributed by atoms with E-state index in [1.807, 2.05) is 38.1 Å². The van der Waals surface area contributed by atoms with E-state index in [0.717, 1.165) is 24.0 Å². The van der Waals surface area contributed by atoms with E-state index < -0.39 is 6.04 Å². The molecule has 0 unspecified atom stereocenters. The number of nitrogens with one attached hydrogen (secondary N) is 1. The summed E-state index contributed by atoms with van der Waals surface area (Å²) in [6, 6.07) is 15.9. The summed E-state index contributed by atoms with van der Waals surface area (Å²) in [6.45, 7) is 9.09. The molecule has 0 spiro atoms. The first kappa shape index (κ1) is 22.7. The second-order valence-electron chi connectivity index (χ2n) is 7.81. The predicted molar refractivity (Wildman–Crippen MR) is 119 cm³/mol. The number of carbonyl (C=O) groups excluding carboxylic acids is 2. The number of benzene rings is 2. The third-order valence-electron chi connectivity index (χ3n) is 5.22. The van der Waals surface area contributed by atoms with E-state index in [1.54, 1.807) is 4.90 Å². The lowest BCUT2D eigenvalue weighted by atomic mass is 10.1. The van der Waals surface area contributed by atoms with E-state index in [-0.39, 0.29) is 11.8 Å². The van der Waals surface area contributed by atoms with Crippen molar-refractivity contribution in [3.05, 3.63) is 70.8 Å². The van der Waals surface area contributed by atoms with Crippen LogP contribution in [0.15, 0.2) is 48.5 Å². The molecule has 0 saturated heterocycles. The van der Waals surface area contributed by atoms with Crippen LogP contribution >= 0.6 is 0 Å². The molecule has 0 aliphatic heterocycles. The third kappa shape index (κ3) is 7.37. The molecule has 156 valence electrons. The molecular weight excluding hydrogens is 360 g/mol. The van der Waals surface area contributed by atoms with Crippen LogP contribution < -0.4 is 5.32 Å². The van der Waals surface area contributed by atoms with Gasteiger partial charge < -0.3 is 10.2 Å². The summed E-state index contributed by atoms with van der Waals surface area (Å²) in [5.74, 6) is -0.0847. The molecule has 2 aromatic carbocycles. The van der Waals surface area contributed by atoms with Gasteiger partial charge in [-0.2, -0.15) is 0 Å². The number of carbonyl (C=O) groups is 2. The molecule has 4 nitrogen and oxygen atoms in total. The molecule has 29 heavy (non-hydrogen) atoms. The molecule has 0 bridgehead atoms. The summed E-state index contributed by atoms with van der Waals surface area (Å²) in [5, 5.41) is 2.96. The van der Waals surface area contributed by atoms with Crippen LogP contribution in [0, 0.1) is 13.8 Å². The van der Waals surface area contributed by atoms with E-state index in [1.165, 1.54) is 11.1 Å². The second kappa shape index (κ2) is 11.4. The molecule has 0 aromatic heterocycles. The first-order chi connectivity index (χ1) is 13.9. The minimum atomic E-state index is -0.501. The third-order valence-corrected chi connectivity index (χ3v) is 5.22. The van der Waals surface area contributed by atoms with Gasteiger partial charge in [-0.3, -0.25) is 9.59 Å². The Balaban J connectivity index is 2.08. The van der Waals surface area contributed by atoms with Gasteiger partial charge in [-0.15, -0.1) is 0 Å². The fourth-order valence-corrected chi connectivity index (χ4v) is 3.16. The molecule has 0 saturated carbocycles. The van der Waals surface area contributed by atoms with Crippen molar-refractivity contribution in [2.45, 2.75) is 66.0 Å². The van der Waals surface area contributed by atoms with Crippen LogP contribution in [0.3, 0.4) is 0 Å². The Hall–Kier alpha value is -2.62. The highest BCUT2D eigenvalue weighted by Crippen LogP contribution is 2.14. The average molecular weight is 395 g/mol. The second-order valence-corrected chi connectivity index (χ2v) is 7.81. The predicted octanol–water partition coefficient (Wildman–Crippen LogP) is 4.57. The van der Waals surface area contributed by atoms with Crippen LogP contribution in [0.4, 0.5) is 0 Å². The average Bonchev–Trinajstić information content (AvgIpc) is 2.72. The number of nitrogens with zero attached hydrogens (tertiary/aromatic N) is 1. The quantitative estimate of drug-likeness (QED) is 0.600. The van der Waals surface area contributed by atoms with E-state index >= 15 is 0 Å². The Morgan fingerprint density at radius 2 is 1.48 bits per heavy atom. The van der Waals surface area contributed by atoms with Crippen molar-refractivity contribution in [2.75, 3.05) is 6.54 Å². The van der Waals surface area contributed by atoms with E-state index in [9.17, 15) is 9.59 Å². The fraction of sp³-hybridized carbons (Fsp3) is 0.440. The smallest absolute Gasteiger partial charge is 0.242 e. The van der Waals surface area contributed by atoms with Gasteiger partial charge in [-0.1, -0.05) is 73.0 Å². The molecule has 2 rings (SSSR count). The van der Waals surface area contributed by atoms with Gasteiger partial charge in [-0.05, 0) is 44.7 Å². The van der Waals surface area contributed by atoms with Gasteiger partial charge in [-0.25, -0.2) is 0 Å². The molecule has 0 aliphatic rings. The van der Waals surface area contributed by atoms with Gasteiger partial charge in [0.25, 0.3) is 0 Å². The number of hydrogen-bond acceptors (Lipinski definition) is 2. The van der Waals surface area contributed by atoms with Crippen LogP contribution in [0.1, 0.15) is 55.4 Å². The Morgan fingerprint density at radius 1 is 0.931 bits per heavy atom. The van der Waals surface area contributed by atoms with Gasteiger partial charge in [0, 0.05) is 19.5 Å². The Bertz CT molecular complexity index is 781.